The van der Waals surface area contributed by atoms with Gasteiger partial charge in [-0.15, -0.1) is 5.73 Å². The first-order valence-electron chi connectivity index (χ1n) is 4.54. The SMILES string of the molecule is CC1=CC=C=C[CH]1.Fc1ccc([S-])cc1.[Hg+]. The number of halogens is 1. The number of hydrogen-bond acceptors (Lipinski definition) is 1. The van der Waals surface area contributed by atoms with Crippen LogP contribution in [0.2, 0.25) is 0 Å². The van der Waals surface area contributed by atoms with E-state index in [2.05, 4.69) is 12.7 Å². The van der Waals surface area contributed by atoms with Crippen molar-refractivity contribution in [3.63, 3.8) is 0 Å². The van der Waals surface area contributed by atoms with Gasteiger partial charge in [-0.3, -0.25) is 0 Å². The molecular formula is C13H11FHgS. The maximum absolute atomic E-state index is 12.0. The fraction of sp³-hybridized carbons (Fsp3) is 0.0769. The van der Waals surface area contributed by atoms with E-state index in [1.54, 1.807) is 12.1 Å². The molecule has 2 rings (SSSR count). The predicted octanol–water partition coefficient (Wildman–Crippen LogP) is 3.59. The molecule has 0 saturated carbocycles. The molecule has 16 heavy (non-hydrogen) atoms. The van der Waals surface area contributed by atoms with E-state index in [1.165, 1.54) is 17.7 Å². The van der Waals surface area contributed by atoms with E-state index >= 15 is 0 Å². The fourth-order valence-corrected chi connectivity index (χ4v) is 1.04. The van der Waals surface area contributed by atoms with E-state index < -0.39 is 0 Å². The molecule has 78 valence electrons. The molecule has 0 saturated heterocycles. The number of allylic oxidation sites excluding steroid dienone is 3. The Balaban J connectivity index is 0.000000267. The zero-order chi connectivity index (χ0) is 11.1. The molecule has 0 N–H and O–H groups in total. The van der Waals surface area contributed by atoms with E-state index in [0.717, 1.165) is 0 Å². The summed E-state index contributed by atoms with van der Waals surface area (Å²) in [5.74, 6) is -0.237. The number of benzene rings is 1. The van der Waals surface area contributed by atoms with Crippen molar-refractivity contribution in [1.82, 2.24) is 0 Å². The molecular weight excluding hydrogens is 408 g/mol. The third-order valence-electron chi connectivity index (χ3n) is 1.70. The first-order valence-corrected chi connectivity index (χ1v) is 4.94. The van der Waals surface area contributed by atoms with Crippen molar-refractivity contribution in [2.75, 3.05) is 0 Å². The summed E-state index contributed by atoms with van der Waals surface area (Å²) in [5, 5.41) is 0. The van der Waals surface area contributed by atoms with Crippen LogP contribution in [0.3, 0.4) is 0 Å². The molecule has 3 heteroatoms. The van der Waals surface area contributed by atoms with Gasteiger partial charge in [0.2, 0.25) is 0 Å². The first-order chi connectivity index (χ1) is 7.18. The minimum atomic E-state index is -0.237. The van der Waals surface area contributed by atoms with Crippen LogP contribution in [0.1, 0.15) is 6.92 Å². The smallest absolute Gasteiger partial charge is 0.780 e. The summed E-state index contributed by atoms with van der Waals surface area (Å²) in [6.45, 7) is 2.06. The van der Waals surface area contributed by atoms with Crippen LogP contribution in [0.4, 0.5) is 4.39 Å². The third kappa shape index (κ3) is 6.94. The molecule has 0 amide bonds. The van der Waals surface area contributed by atoms with Crippen LogP contribution >= 0.6 is 0 Å². The van der Waals surface area contributed by atoms with Gasteiger partial charge in [-0.1, -0.05) is 23.8 Å². The summed E-state index contributed by atoms with van der Waals surface area (Å²) >= 11 is 4.70. The number of rotatable bonds is 0. The van der Waals surface area contributed by atoms with Crippen LogP contribution in [-0.4, -0.2) is 0 Å². The first kappa shape index (κ1) is 15.6. The van der Waals surface area contributed by atoms with Gasteiger partial charge in [-0.05, 0) is 31.2 Å². The van der Waals surface area contributed by atoms with Crippen LogP contribution in [0.25, 0.3) is 0 Å². The second-order valence-electron chi connectivity index (χ2n) is 3.03. The van der Waals surface area contributed by atoms with Crippen LogP contribution in [-0.2, 0) is 40.3 Å². The van der Waals surface area contributed by atoms with Crippen molar-refractivity contribution >= 4 is 12.6 Å². The van der Waals surface area contributed by atoms with Gasteiger partial charge in [0.15, 0.2) is 0 Å². The van der Waals surface area contributed by atoms with E-state index in [-0.39, 0.29) is 33.5 Å². The molecule has 0 fully saturated rings. The minimum absolute atomic E-state index is 0. The zero-order valence-electron chi connectivity index (χ0n) is 9.11. The molecule has 2 radical (unpaired) electrons. The maximum atomic E-state index is 12.0. The summed E-state index contributed by atoms with van der Waals surface area (Å²) in [4.78, 5) is 0.673. The Bertz CT molecular complexity index is 379. The largest absolute Gasteiger partial charge is 1.00 e. The Kier molecular flexibility index (Phi) is 8.45. The van der Waals surface area contributed by atoms with Gasteiger partial charge in [-0.25, -0.2) is 4.39 Å². The Morgan fingerprint density at radius 1 is 1.12 bits per heavy atom. The minimum Gasteiger partial charge on any atom is -0.780 e. The Hall–Kier alpha value is -0.435. The number of hydrogen-bond donors (Lipinski definition) is 0. The van der Waals surface area contributed by atoms with E-state index in [9.17, 15) is 4.39 Å². The molecule has 0 unspecified atom stereocenters. The van der Waals surface area contributed by atoms with Gasteiger partial charge in [0.1, 0.15) is 5.82 Å². The molecule has 0 bridgehead atoms. The summed E-state index contributed by atoms with van der Waals surface area (Å²) in [7, 11) is 0. The van der Waals surface area contributed by atoms with Gasteiger partial charge in [0, 0.05) is 6.42 Å². The molecule has 0 atom stereocenters. The van der Waals surface area contributed by atoms with Crippen LogP contribution in [0.15, 0.2) is 58.7 Å². The van der Waals surface area contributed by atoms with Gasteiger partial charge in [-0.2, -0.15) is 4.90 Å². The summed E-state index contributed by atoms with van der Waals surface area (Å²) in [6, 6.07) is 5.82. The second kappa shape index (κ2) is 8.69. The second-order valence-corrected chi connectivity index (χ2v) is 3.50. The van der Waals surface area contributed by atoms with Crippen molar-refractivity contribution in [1.29, 1.82) is 0 Å². The molecule has 0 heterocycles. The predicted molar refractivity (Wildman–Crippen MR) is 62.7 cm³/mol. The van der Waals surface area contributed by atoms with E-state index in [4.69, 9.17) is 12.6 Å². The topological polar surface area (TPSA) is 0 Å². The molecule has 0 aromatic heterocycles. The Morgan fingerprint density at radius 3 is 2.06 bits per heavy atom. The summed E-state index contributed by atoms with van der Waals surface area (Å²) in [5.41, 5.74) is 4.22. The quantitative estimate of drug-likeness (QED) is 0.352. The standard InChI is InChI=1S/C7H7.C6H5FS.Hg/c1-7-5-3-2-4-6-7;7-5-1-3-6(8)4-2-5;/h3-6H,1H3;1-4,8H;/q;;+1/p-1. The van der Waals surface area contributed by atoms with Crippen LogP contribution in [0.5, 0.6) is 0 Å². The van der Waals surface area contributed by atoms with Crippen molar-refractivity contribution in [3.8, 4) is 0 Å². The van der Waals surface area contributed by atoms with Gasteiger partial charge in [0.25, 0.3) is 0 Å². The van der Waals surface area contributed by atoms with Gasteiger partial charge in [0.05, 0.1) is 0 Å². The summed E-state index contributed by atoms with van der Waals surface area (Å²) in [6.07, 6.45) is 7.88. The third-order valence-corrected chi connectivity index (χ3v) is 1.97. The average molecular weight is 419 g/mol. The van der Waals surface area contributed by atoms with Gasteiger partial charge < -0.3 is 12.6 Å². The normalized spacial score (nSPS) is 12.0. The Labute approximate surface area is 122 Å². The van der Waals surface area contributed by atoms with E-state index in [1.807, 2.05) is 24.6 Å². The molecule has 1 aromatic carbocycles. The molecule has 1 aliphatic carbocycles. The average Bonchev–Trinajstić information content (AvgIpc) is 2.25. The molecule has 1 aromatic rings. The molecule has 0 nitrogen and oxygen atoms in total. The molecule has 0 spiro atoms. The fourth-order valence-electron chi connectivity index (χ4n) is 0.905. The van der Waals surface area contributed by atoms with E-state index in [0.29, 0.717) is 4.90 Å². The maximum Gasteiger partial charge on any atom is 1.00 e. The monoisotopic (exact) mass is 420 g/mol. The molecule has 1 aliphatic rings. The molecule has 0 aliphatic heterocycles. The van der Waals surface area contributed by atoms with Crippen LogP contribution < -0.4 is 0 Å². The van der Waals surface area contributed by atoms with Gasteiger partial charge >= 0.3 is 27.7 Å². The van der Waals surface area contributed by atoms with Crippen molar-refractivity contribution in [2.24, 2.45) is 0 Å². The summed E-state index contributed by atoms with van der Waals surface area (Å²) < 4.78 is 12.0. The Morgan fingerprint density at radius 2 is 1.75 bits per heavy atom. The van der Waals surface area contributed by atoms with Crippen LogP contribution in [0, 0.1) is 12.2 Å². The van der Waals surface area contributed by atoms with Crippen molar-refractivity contribution in [2.45, 2.75) is 11.8 Å². The van der Waals surface area contributed by atoms with Crippen molar-refractivity contribution in [3.05, 3.63) is 66.0 Å². The van der Waals surface area contributed by atoms with Crippen molar-refractivity contribution < 1.29 is 32.1 Å². The zero-order valence-corrected chi connectivity index (χ0v) is 15.4.